The monoisotopic (exact) mass is 421 g/mol. The van der Waals surface area contributed by atoms with Crippen molar-refractivity contribution >= 4 is 28.7 Å². The van der Waals surface area contributed by atoms with Crippen LogP contribution in [0.4, 0.5) is 17.1 Å². The highest BCUT2D eigenvalue weighted by Crippen LogP contribution is 2.28. The molecule has 0 heterocycles. The molecule has 0 aliphatic carbocycles. The van der Waals surface area contributed by atoms with E-state index in [0.29, 0.717) is 65.3 Å². The van der Waals surface area contributed by atoms with Gasteiger partial charge in [0.05, 0.1) is 68.8 Å². The summed E-state index contributed by atoms with van der Waals surface area (Å²) in [5.41, 5.74) is -0.495. The molecule has 0 aliphatic rings. The molecule has 0 saturated carbocycles. The molecular formula is C16H24ClN3O8. The van der Waals surface area contributed by atoms with Gasteiger partial charge in [0, 0.05) is 18.5 Å². The Balaban J connectivity index is 2.07. The third-order valence-electron chi connectivity index (χ3n) is 3.29. The first-order valence-electron chi connectivity index (χ1n) is 8.60. The Morgan fingerprint density at radius 2 is 1.36 bits per heavy atom. The maximum absolute atomic E-state index is 11.0. The van der Waals surface area contributed by atoms with Gasteiger partial charge in [0.2, 0.25) is 0 Å². The summed E-state index contributed by atoms with van der Waals surface area (Å²) in [4.78, 5) is 20.4. The number of ether oxygens (including phenoxy) is 4. The third-order valence-corrected chi connectivity index (χ3v) is 3.44. The quantitative estimate of drug-likeness (QED) is 0.174. The second-order valence-electron chi connectivity index (χ2n) is 5.28. The van der Waals surface area contributed by atoms with Crippen molar-refractivity contribution < 1.29 is 28.8 Å². The Morgan fingerprint density at radius 3 is 1.86 bits per heavy atom. The molecule has 0 saturated heterocycles. The van der Waals surface area contributed by atoms with Crippen LogP contribution in [0.15, 0.2) is 18.2 Å². The smallest absolute Gasteiger partial charge is 0.299 e. The largest absolute Gasteiger partial charge is 0.378 e. The molecule has 0 atom stereocenters. The third kappa shape index (κ3) is 10.3. The number of nitro groups is 2. The van der Waals surface area contributed by atoms with Gasteiger partial charge >= 0.3 is 0 Å². The molecule has 0 spiro atoms. The van der Waals surface area contributed by atoms with Gasteiger partial charge in [-0.15, -0.1) is 11.6 Å². The number of nitro benzene ring substituents is 2. The van der Waals surface area contributed by atoms with E-state index < -0.39 is 9.85 Å². The van der Waals surface area contributed by atoms with E-state index in [1.165, 1.54) is 12.1 Å². The molecule has 0 fully saturated rings. The van der Waals surface area contributed by atoms with E-state index in [-0.39, 0.29) is 17.1 Å². The van der Waals surface area contributed by atoms with Crippen molar-refractivity contribution in [1.82, 2.24) is 0 Å². The van der Waals surface area contributed by atoms with Crippen molar-refractivity contribution in [2.75, 3.05) is 70.6 Å². The average molecular weight is 422 g/mol. The molecule has 158 valence electrons. The van der Waals surface area contributed by atoms with Crippen molar-refractivity contribution in [2.24, 2.45) is 0 Å². The summed E-state index contributed by atoms with van der Waals surface area (Å²) in [7, 11) is 0. The minimum atomic E-state index is -0.680. The maximum atomic E-state index is 11.0. The minimum Gasteiger partial charge on any atom is -0.378 e. The van der Waals surface area contributed by atoms with E-state index >= 15 is 0 Å². The molecule has 11 nitrogen and oxygen atoms in total. The van der Waals surface area contributed by atoms with Crippen molar-refractivity contribution in [3.8, 4) is 0 Å². The highest BCUT2D eigenvalue weighted by Gasteiger charge is 2.18. The molecule has 12 heteroatoms. The zero-order valence-electron chi connectivity index (χ0n) is 15.3. The van der Waals surface area contributed by atoms with E-state index in [2.05, 4.69) is 5.32 Å². The fourth-order valence-corrected chi connectivity index (χ4v) is 2.12. The molecule has 0 aromatic heterocycles. The van der Waals surface area contributed by atoms with Crippen LogP contribution in [0, 0.1) is 20.2 Å². The van der Waals surface area contributed by atoms with Crippen LogP contribution in [0.3, 0.4) is 0 Å². The number of rotatable bonds is 17. The lowest BCUT2D eigenvalue weighted by atomic mass is 10.2. The normalized spacial score (nSPS) is 10.8. The number of halogens is 1. The van der Waals surface area contributed by atoms with Gasteiger partial charge in [0.25, 0.3) is 11.4 Å². The predicted molar refractivity (Wildman–Crippen MR) is 102 cm³/mol. The zero-order valence-corrected chi connectivity index (χ0v) is 16.1. The number of benzene rings is 1. The van der Waals surface area contributed by atoms with Gasteiger partial charge in [-0.3, -0.25) is 20.2 Å². The van der Waals surface area contributed by atoms with Gasteiger partial charge in [-0.1, -0.05) is 0 Å². The van der Waals surface area contributed by atoms with Gasteiger partial charge in [0.15, 0.2) is 0 Å². The molecule has 1 rings (SSSR count). The standard InChI is InChI=1S/C16H24ClN3O8/c17-3-5-25-7-9-27-11-12-28-10-8-26-6-4-18-15-2-1-14(19(21)22)13-16(15)20(23)24/h1-2,13,18H,3-12H2. The summed E-state index contributed by atoms with van der Waals surface area (Å²) in [6.07, 6.45) is 0. The lowest BCUT2D eigenvalue weighted by Crippen LogP contribution is -2.15. The fourth-order valence-electron chi connectivity index (χ4n) is 2.01. The molecule has 1 aromatic rings. The second kappa shape index (κ2) is 14.9. The van der Waals surface area contributed by atoms with E-state index in [9.17, 15) is 20.2 Å². The summed E-state index contributed by atoms with van der Waals surface area (Å²) in [6.45, 7) is 3.74. The predicted octanol–water partition coefficient (Wildman–Crippen LogP) is 2.22. The van der Waals surface area contributed by atoms with Crippen LogP contribution in [0.5, 0.6) is 0 Å². The van der Waals surface area contributed by atoms with Crippen LogP contribution in [0.1, 0.15) is 0 Å². The van der Waals surface area contributed by atoms with Gasteiger partial charge in [-0.2, -0.15) is 0 Å². The zero-order chi connectivity index (χ0) is 20.6. The molecule has 1 N–H and O–H groups in total. The fraction of sp³-hybridized carbons (Fsp3) is 0.625. The van der Waals surface area contributed by atoms with Crippen LogP contribution in [0.25, 0.3) is 0 Å². The number of hydrogen-bond acceptors (Lipinski definition) is 9. The number of hydrogen-bond donors (Lipinski definition) is 1. The summed E-state index contributed by atoms with van der Waals surface area (Å²) < 4.78 is 21.1. The molecule has 0 radical (unpaired) electrons. The van der Waals surface area contributed by atoms with Crippen LogP contribution in [-0.2, 0) is 18.9 Å². The number of anilines is 1. The van der Waals surface area contributed by atoms with Crippen LogP contribution < -0.4 is 5.32 Å². The molecule has 0 unspecified atom stereocenters. The Kier molecular flexibility index (Phi) is 12.8. The minimum absolute atomic E-state index is 0.197. The van der Waals surface area contributed by atoms with Gasteiger partial charge in [0.1, 0.15) is 5.69 Å². The Hall–Kier alpha value is -2.05. The Morgan fingerprint density at radius 1 is 0.821 bits per heavy atom. The first kappa shape index (κ1) is 24.0. The van der Waals surface area contributed by atoms with Crippen LogP contribution in [0.2, 0.25) is 0 Å². The van der Waals surface area contributed by atoms with Crippen molar-refractivity contribution in [3.05, 3.63) is 38.4 Å². The molecule has 0 amide bonds. The molecular weight excluding hydrogens is 398 g/mol. The first-order chi connectivity index (χ1) is 13.6. The van der Waals surface area contributed by atoms with Crippen LogP contribution in [-0.4, -0.2) is 75.1 Å². The Bertz CT molecular complexity index is 605. The molecule has 0 bridgehead atoms. The number of non-ortho nitro benzene ring substituents is 1. The van der Waals surface area contributed by atoms with E-state index in [0.717, 1.165) is 6.07 Å². The number of nitrogens with one attached hydrogen (secondary N) is 1. The van der Waals surface area contributed by atoms with E-state index in [1.807, 2.05) is 0 Å². The van der Waals surface area contributed by atoms with Crippen molar-refractivity contribution in [2.45, 2.75) is 0 Å². The lowest BCUT2D eigenvalue weighted by Gasteiger charge is -2.09. The van der Waals surface area contributed by atoms with Gasteiger partial charge < -0.3 is 24.3 Å². The van der Waals surface area contributed by atoms with E-state index in [1.54, 1.807) is 0 Å². The highest BCUT2D eigenvalue weighted by atomic mass is 35.5. The van der Waals surface area contributed by atoms with Crippen LogP contribution >= 0.6 is 11.6 Å². The number of alkyl halides is 1. The average Bonchev–Trinajstić information content (AvgIpc) is 2.68. The Labute approximate surface area is 167 Å². The lowest BCUT2D eigenvalue weighted by molar-refractivity contribution is -0.393. The molecule has 1 aromatic carbocycles. The molecule has 0 aliphatic heterocycles. The molecule has 28 heavy (non-hydrogen) atoms. The summed E-state index contributed by atoms with van der Waals surface area (Å²) in [5.74, 6) is 0.462. The van der Waals surface area contributed by atoms with Gasteiger partial charge in [-0.25, -0.2) is 0 Å². The highest BCUT2D eigenvalue weighted by molar-refractivity contribution is 6.17. The maximum Gasteiger partial charge on any atom is 0.299 e. The summed E-state index contributed by atoms with van der Waals surface area (Å²) >= 11 is 5.46. The first-order valence-corrected chi connectivity index (χ1v) is 9.13. The van der Waals surface area contributed by atoms with Gasteiger partial charge in [-0.05, 0) is 6.07 Å². The topological polar surface area (TPSA) is 135 Å². The summed E-state index contributed by atoms with van der Waals surface area (Å²) in [6, 6.07) is 3.43. The van der Waals surface area contributed by atoms with E-state index in [4.69, 9.17) is 30.5 Å². The number of nitrogens with zero attached hydrogens (tertiary/aromatic N) is 2. The SMILES string of the molecule is O=[N+]([O-])c1ccc(NCCOCCOCCOCCOCCCl)c([N+](=O)[O-])c1. The van der Waals surface area contributed by atoms with Crippen molar-refractivity contribution in [3.63, 3.8) is 0 Å². The summed E-state index contributed by atoms with van der Waals surface area (Å²) in [5, 5.41) is 24.5. The van der Waals surface area contributed by atoms with Crippen molar-refractivity contribution in [1.29, 1.82) is 0 Å². The second-order valence-corrected chi connectivity index (χ2v) is 5.66.